The Kier molecular flexibility index (Phi) is 5.91. The van der Waals surface area contributed by atoms with E-state index in [-0.39, 0.29) is 12.0 Å². The van der Waals surface area contributed by atoms with E-state index < -0.39 is 0 Å². The lowest BCUT2D eigenvalue weighted by Crippen LogP contribution is -2.32. The van der Waals surface area contributed by atoms with E-state index in [1.165, 1.54) is 11.1 Å². The van der Waals surface area contributed by atoms with Gasteiger partial charge in [0.15, 0.2) is 0 Å². The van der Waals surface area contributed by atoms with Gasteiger partial charge in [0.1, 0.15) is 11.9 Å². The van der Waals surface area contributed by atoms with Crippen LogP contribution in [0.1, 0.15) is 28.5 Å². The normalized spacial score (nSPS) is 15.6. The van der Waals surface area contributed by atoms with Crippen LogP contribution < -0.4 is 10.1 Å². The van der Waals surface area contributed by atoms with E-state index in [2.05, 4.69) is 23.6 Å². The number of fused-ring (bicyclic) bond motifs is 1. The summed E-state index contributed by atoms with van der Waals surface area (Å²) in [5.41, 5.74) is 4.24. The molecule has 1 aliphatic heterocycles. The summed E-state index contributed by atoms with van der Waals surface area (Å²) in [6, 6.07) is 17.8. The lowest BCUT2D eigenvalue weighted by molar-refractivity contribution is -0.121. The number of carbonyl (C=O) groups is 1. The van der Waals surface area contributed by atoms with Gasteiger partial charge in [-0.05, 0) is 35.2 Å². The zero-order valence-electron chi connectivity index (χ0n) is 16.5. The van der Waals surface area contributed by atoms with Gasteiger partial charge in [-0.3, -0.25) is 9.48 Å². The number of methoxy groups -OCH3 is 1. The average molecular weight is 391 g/mol. The summed E-state index contributed by atoms with van der Waals surface area (Å²) in [6.45, 7) is 1.78. The fourth-order valence-electron chi connectivity index (χ4n) is 3.58. The van der Waals surface area contributed by atoms with Crippen molar-refractivity contribution in [3.05, 3.63) is 83.2 Å². The molecule has 1 amide bonds. The second-order valence-electron chi connectivity index (χ2n) is 7.16. The van der Waals surface area contributed by atoms with Crippen LogP contribution >= 0.6 is 0 Å². The van der Waals surface area contributed by atoms with Gasteiger partial charge in [-0.25, -0.2) is 0 Å². The van der Waals surface area contributed by atoms with Crippen LogP contribution in [0.15, 0.2) is 60.8 Å². The number of benzene rings is 2. The molecule has 1 atom stereocenters. The molecule has 0 spiro atoms. The Morgan fingerprint density at radius 1 is 1.21 bits per heavy atom. The first-order chi connectivity index (χ1) is 14.2. The highest BCUT2D eigenvalue weighted by molar-refractivity contribution is 5.78. The van der Waals surface area contributed by atoms with E-state index in [0.29, 0.717) is 19.6 Å². The lowest BCUT2D eigenvalue weighted by atomic mass is 10.1. The predicted molar refractivity (Wildman–Crippen MR) is 110 cm³/mol. The Labute approximate surface area is 170 Å². The molecule has 3 aromatic rings. The Balaban J connectivity index is 1.37. The molecule has 1 aliphatic rings. The van der Waals surface area contributed by atoms with Crippen LogP contribution in [0.5, 0.6) is 5.75 Å². The van der Waals surface area contributed by atoms with E-state index in [1.54, 1.807) is 7.11 Å². The molecule has 0 saturated carbocycles. The largest absolute Gasteiger partial charge is 0.497 e. The van der Waals surface area contributed by atoms with Gasteiger partial charge in [0.25, 0.3) is 0 Å². The SMILES string of the molecule is COc1cccc(CC(=O)NC[C@H]2OCCc3cn(Cc4ccccc4)nc32)c1. The number of hydrogen-bond acceptors (Lipinski definition) is 4. The van der Waals surface area contributed by atoms with Gasteiger partial charge in [0.2, 0.25) is 5.91 Å². The summed E-state index contributed by atoms with van der Waals surface area (Å²) in [7, 11) is 1.62. The molecule has 2 heterocycles. The van der Waals surface area contributed by atoms with Crippen molar-refractivity contribution in [2.45, 2.75) is 25.5 Å². The maximum Gasteiger partial charge on any atom is 0.224 e. The molecule has 0 radical (unpaired) electrons. The van der Waals surface area contributed by atoms with E-state index in [9.17, 15) is 4.79 Å². The predicted octanol–water partition coefficient (Wildman–Crippen LogP) is 2.91. The smallest absolute Gasteiger partial charge is 0.224 e. The van der Waals surface area contributed by atoms with Crippen LogP contribution in [-0.2, 0) is 28.9 Å². The van der Waals surface area contributed by atoms with Gasteiger partial charge in [0, 0.05) is 12.7 Å². The van der Waals surface area contributed by atoms with Crippen molar-refractivity contribution in [1.82, 2.24) is 15.1 Å². The third kappa shape index (κ3) is 4.84. The highest BCUT2D eigenvalue weighted by atomic mass is 16.5. The number of amides is 1. The van der Waals surface area contributed by atoms with Gasteiger partial charge < -0.3 is 14.8 Å². The zero-order chi connectivity index (χ0) is 20.1. The molecule has 4 rings (SSSR count). The van der Waals surface area contributed by atoms with Gasteiger partial charge in [-0.1, -0.05) is 42.5 Å². The minimum atomic E-state index is -0.218. The molecule has 0 aliphatic carbocycles. The molecule has 6 heteroatoms. The van der Waals surface area contributed by atoms with Gasteiger partial charge in [0.05, 0.1) is 32.4 Å². The fourth-order valence-corrected chi connectivity index (χ4v) is 3.58. The van der Waals surface area contributed by atoms with Crippen molar-refractivity contribution in [2.24, 2.45) is 0 Å². The maximum absolute atomic E-state index is 12.4. The molecule has 6 nitrogen and oxygen atoms in total. The highest BCUT2D eigenvalue weighted by Gasteiger charge is 2.25. The maximum atomic E-state index is 12.4. The first kappa shape index (κ1) is 19.2. The minimum Gasteiger partial charge on any atom is -0.497 e. The lowest BCUT2D eigenvalue weighted by Gasteiger charge is -2.22. The molecule has 1 N–H and O–H groups in total. The van der Waals surface area contributed by atoms with E-state index in [1.807, 2.05) is 47.1 Å². The monoisotopic (exact) mass is 391 g/mol. The van der Waals surface area contributed by atoms with Gasteiger partial charge >= 0.3 is 0 Å². The van der Waals surface area contributed by atoms with Crippen LogP contribution in [0.4, 0.5) is 0 Å². The van der Waals surface area contributed by atoms with Crippen molar-refractivity contribution in [2.75, 3.05) is 20.3 Å². The van der Waals surface area contributed by atoms with E-state index >= 15 is 0 Å². The second kappa shape index (κ2) is 8.92. The first-order valence-corrected chi connectivity index (χ1v) is 9.82. The Hall–Kier alpha value is -3.12. The first-order valence-electron chi connectivity index (χ1n) is 9.82. The summed E-state index contributed by atoms with van der Waals surface area (Å²) in [6.07, 6.45) is 3.03. The minimum absolute atomic E-state index is 0.0438. The van der Waals surface area contributed by atoms with Crippen LogP contribution in [-0.4, -0.2) is 35.9 Å². The quantitative estimate of drug-likeness (QED) is 0.673. The van der Waals surface area contributed by atoms with E-state index in [0.717, 1.165) is 30.0 Å². The molecule has 150 valence electrons. The molecular formula is C23H25N3O3. The fraction of sp³-hybridized carbons (Fsp3) is 0.304. The topological polar surface area (TPSA) is 65.4 Å². The summed E-state index contributed by atoms with van der Waals surface area (Å²) in [5, 5.41) is 7.72. The molecule has 2 aromatic carbocycles. The Bertz CT molecular complexity index is 969. The summed E-state index contributed by atoms with van der Waals surface area (Å²) >= 11 is 0. The number of ether oxygens (including phenoxy) is 2. The van der Waals surface area contributed by atoms with Gasteiger partial charge in [-0.2, -0.15) is 5.10 Å². The molecule has 0 saturated heterocycles. The third-order valence-corrected chi connectivity index (χ3v) is 5.04. The Morgan fingerprint density at radius 2 is 2.03 bits per heavy atom. The number of hydrogen-bond donors (Lipinski definition) is 1. The van der Waals surface area contributed by atoms with Crippen molar-refractivity contribution in [3.63, 3.8) is 0 Å². The average Bonchev–Trinajstić information content (AvgIpc) is 3.16. The van der Waals surface area contributed by atoms with Gasteiger partial charge in [-0.15, -0.1) is 0 Å². The number of carbonyl (C=O) groups excluding carboxylic acids is 1. The second-order valence-corrected chi connectivity index (χ2v) is 7.16. The van der Waals surface area contributed by atoms with Crippen molar-refractivity contribution < 1.29 is 14.3 Å². The van der Waals surface area contributed by atoms with Crippen molar-refractivity contribution in [1.29, 1.82) is 0 Å². The molecule has 1 aromatic heterocycles. The number of aromatic nitrogens is 2. The molecule has 0 fully saturated rings. The molecule has 0 unspecified atom stereocenters. The summed E-state index contributed by atoms with van der Waals surface area (Å²) in [5.74, 6) is 0.706. The molecule has 29 heavy (non-hydrogen) atoms. The number of nitrogens with one attached hydrogen (secondary N) is 1. The number of nitrogens with zero attached hydrogens (tertiary/aromatic N) is 2. The van der Waals surface area contributed by atoms with Crippen LogP contribution in [0, 0.1) is 0 Å². The highest BCUT2D eigenvalue weighted by Crippen LogP contribution is 2.25. The van der Waals surface area contributed by atoms with Crippen LogP contribution in [0.2, 0.25) is 0 Å². The van der Waals surface area contributed by atoms with E-state index in [4.69, 9.17) is 14.6 Å². The Morgan fingerprint density at radius 3 is 2.86 bits per heavy atom. The van der Waals surface area contributed by atoms with Crippen LogP contribution in [0.3, 0.4) is 0 Å². The van der Waals surface area contributed by atoms with Crippen LogP contribution in [0.25, 0.3) is 0 Å². The molecule has 0 bridgehead atoms. The number of rotatable bonds is 7. The third-order valence-electron chi connectivity index (χ3n) is 5.04. The summed E-state index contributed by atoms with van der Waals surface area (Å²) in [4.78, 5) is 12.4. The summed E-state index contributed by atoms with van der Waals surface area (Å²) < 4.78 is 13.1. The molecular weight excluding hydrogens is 366 g/mol. The van der Waals surface area contributed by atoms with Crippen molar-refractivity contribution in [3.8, 4) is 5.75 Å². The standard InChI is InChI=1S/C23H25N3O3/c1-28-20-9-5-8-18(12-20)13-22(27)24-14-21-23-19(10-11-29-21)16-26(25-23)15-17-6-3-2-4-7-17/h2-9,12,16,21H,10-11,13-15H2,1H3,(H,24,27)/t21-/m1/s1. The zero-order valence-corrected chi connectivity index (χ0v) is 16.5. The van der Waals surface area contributed by atoms with Crippen molar-refractivity contribution >= 4 is 5.91 Å².